The highest BCUT2D eigenvalue weighted by Crippen LogP contribution is 2.24. The number of hydrogen-bond acceptors (Lipinski definition) is 4. The van der Waals surface area contributed by atoms with Crippen LogP contribution in [0.3, 0.4) is 0 Å². The summed E-state index contributed by atoms with van der Waals surface area (Å²) < 4.78 is 0.527. The molecule has 0 aliphatic carbocycles. The first-order valence-electron chi connectivity index (χ1n) is 5.95. The minimum atomic E-state index is -0.506. The lowest BCUT2D eigenvalue weighted by Crippen LogP contribution is -2.29. The minimum Gasteiger partial charge on any atom is -0.338 e. The van der Waals surface area contributed by atoms with Gasteiger partial charge in [-0.3, -0.25) is 14.9 Å². The third kappa shape index (κ3) is 3.10. The van der Waals surface area contributed by atoms with Crippen molar-refractivity contribution in [3.63, 3.8) is 0 Å². The SMILES string of the molecule is NCC1CCN(C(=O)c2cc(Br)cc([N+](=O)[O-])c2)C1. The summed E-state index contributed by atoms with van der Waals surface area (Å²) in [6.45, 7) is 1.83. The average molecular weight is 328 g/mol. The number of amides is 1. The molecule has 1 unspecified atom stereocenters. The second-order valence-corrected chi connectivity index (χ2v) is 5.51. The Labute approximate surface area is 118 Å². The molecule has 6 nitrogen and oxygen atoms in total. The van der Waals surface area contributed by atoms with Gasteiger partial charge in [0.1, 0.15) is 0 Å². The van der Waals surface area contributed by atoms with Crippen molar-refractivity contribution in [2.45, 2.75) is 6.42 Å². The quantitative estimate of drug-likeness (QED) is 0.676. The van der Waals surface area contributed by atoms with Crippen LogP contribution >= 0.6 is 15.9 Å². The van der Waals surface area contributed by atoms with Gasteiger partial charge in [-0.15, -0.1) is 0 Å². The Bertz CT molecular complexity index is 521. The van der Waals surface area contributed by atoms with E-state index < -0.39 is 4.92 Å². The lowest BCUT2D eigenvalue weighted by molar-refractivity contribution is -0.385. The van der Waals surface area contributed by atoms with E-state index in [9.17, 15) is 14.9 Å². The van der Waals surface area contributed by atoms with Gasteiger partial charge in [0.05, 0.1) is 4.92 Å². The summed E-state index contributed by atoms with van der Waals surface area (Å²) in [6.07, 6.45) is 0.887. The molecule has 1 aliphatic heterocycles. The van der Waals surface area contributed by atoms with Crippen molar-refractivity contribution in [1.82, 2.24) is 4.90 Å². The Morgan fingerprint density at radius 3 is 2.84 bits per heavy atom. The summed E-state index contributed by atoms with van der Waals surface area (Å²) in [5.74, 6) is 0.145. The molecule has 1 atom stereocenters. The lowest BCUT2D eigenvalue weighted by Gasteiger charge is -2.16. The standard InChI is InChI=1S/C12H14BrN3O3/c13-10-3-9(4-11(5-10)16(18)19)12(17)15-2-1-8(6-14)7-15/h3-5,8H,1-2,6-7,14H2. The first kappa shape index (κ1) is 14.0. The number of likely N-dealkylation sites (tertiary alicyclic amines) is 1. The molecule has 2 N–H and O–H groups in total. The van der Waals surface area contributed by atoms with Crippen LogP contribution in [-0.4, -0.2) is 35.4 Å². The number of carbonyl (C=O) groups is 1. The van der Waals surface area contributed by atoms with E-state index in [0.717, 1.165) is 6.42 Å². The van der Waals surface area contributed by atoms with Crippen LogP contribution in [0.15, 0.2) is 22.7 Å². The van der Waals surface area contributed by atoms with E-state index in [4.69, 9.17) is 5.73 Å². The molecular formula is C12H14BrN3O3. The fourth-order valence-electron chi connectivity index (χ4n) is 2.20. The molecule has 1 heterocycles. The largest absolute Gasteiger partial charge is 0.338 e. The lowest BCUT2D eigenvalue weighted by atomic mass is 10.1. The average Bonchev–Trinajstić information content (AvgIpc) is 2.85. The van der Waals surface area contributed by atoms with E-state index in [1.165, 1.54) is 12.1 Å². The van der Waals surface area contributed by atoms with Crippen LogP contribution in [0.1, 0.15) is 16.8 Å². The number of rotatable bonds is 3. The summed E-state index contributed by atoms with van der Waals surface area (Å²) in [5.41, 5.74) is 5.83. The number of nitrogens with zero attached hydrogens (tertiary/aromatic N) is 2. The highest BCUT2D eigenvalue weighted by molar-refractivity contribution is 9.10. The van der Waals surface area contributed by atoms with Crippen LogP contribution < -0.4 is 5.73 Å². The second kappa shape index (κ2) is 5.66. The van der Waals surface area contributed by atoms with Crippen molar-refractivity contribution in [1.29, 1.82) is 0 Å². The molecular weight excluding hydrogens is 314 g/mol. The molecule has 0 radical (unpaired) electrons. The number of halogens is 1. The predicted octanol–water partition coefficient (Wildman–Crippen LogP) is 1.78. The summed E-state index contributed by atoms with van der Waals surface area (Å²) in [5, 5.41) is 10.8. The number of benzene rings is 1. The van der Waals surface area contributed by atoms with Gasteiger partial charge >= 0.3 is 0 Å². The summed E-state index contributed by atoms with van der Waals surface area (Å²) >= 11 is 3.19. The maximum absolute atomic E-state index is 12.3. The number of nitro groups is 1. The molecule has 1 fully saturated rings. The zero-order valence-corrected chi connectivity index (χ0v) is 11.8. The topological polar surface area (TPSA) is 89.5 Å². The van der Waals surface area contributed by atoms with Crippen molar-refractivity contribution in [3.05, 3.63) is 38.3 Å². The van der Waals surface area contributed by atoms with Crippen molar-refractivity contribution in [3.8, 4) is 0 Å². The number of hydrogen-bond donors (Lipinski definition) is 1. The van der Waals surface area contributed by atoms with E-state index in [1.807, 2.05) is 0 Å². The molecule has 1 aliphatic rings. The van der Waals surface area contributed by atoms with Crippen LogP contribution in [0, 0.1) is 16.0 Å². The normalized spacial score (nSPS) is 18.6. The molecule has 7 heteroatoms. The zero-order chi connectivity index (χ0) is 14.0. The van der Waals surface area contributed by atoms with Crippen LogP contribution in [0.2, 0.25) is 0 Å². The summed E-state index contributed by atoms with van der Waals surface area (Å²) in [7, 11) is 0. The van der Waals surface area contributed by atoms with Crippen LogP contribution in [0.25, 0.3) is 0 Å². The maximum Gasteiger partial charge on any atom is 0.271 e. The molecule has 1 aromatic carbocycles. The van der Waals surface area contributed by atoms with E-state index >= 15 is 0 Å². The van der Waals surface area contributed by atoms with Gasteiger partial charge in [-0.25, -0.2) is 0 Å². The van der Waals surface area contributed by atoms with Gasteiger partial charge in [0.25, 0.3) is 11.6 Å². The number of nitrogens with two attached hydrogens (primary N) is 1. The summed E-state index contributed by atoms with van der Waals surface area (Å²) in [4.78, 5) is 24.3. The maximum atomic E-state index is 12.3. The summed E-state index contributed by atoms with van der Waals surface area (Å²) in [6, 6.07) is 4.29. The Morgan fingerprint density at radius 2 is 2.26 bits per heavy atom. The number of nitro benzene ring substituents is 1. The van der Waals surface area contributed by atoms with E-state index in [-0.39, 0.29) is 11.6 Å². The van der Waals surface area contributed by atoms with Crippen molar-refractivity contribution in [2.24, 2.45) is 11.7 Å². The monoisotopic (exact) mass is 327 g/mol. The number of non-ortho nitro benzene ring substituents is 1. The molecule has 0 saturated carbocycles. The van der Waals surface area contributed by atoms with E-state index in [2.05, 4.69) is 15.9 Å². The van der Waals surface area contributed by atoms with Crippen LogP contribution in [0.4, 0.5) is 5.69 Å². The molecule has 0 aromatic heterocycles. The molecule has 1 amide bonds. The first-order valence-corrected chi connectivity index (χ1v) is 6.75. The Morgan fingerprint density at radius 1 is 1.53 bits per heavy atom. The van der Waals surface area contributed by atoms with Crippen molar-refractivity contribution < 1.29 is 9.72 Å². The smallest absolute Gasteiger partial charge is 0.271 e. The van der Waals surface area contributed by atoms with Crippen LogP contribution in [0.5, 0.6) is 0 Å². The number of carbonyl (C=O) groups excluding carboxylic acids is 1. The fraction of sp³-hybridized carbons (Fsp3) is 0.417. The van der Waals surface area contributed by atoms with Gasteiger partial charge in [-0.05, 0) is 24.9 Å². The molecule has 19 heavy (non-hydrogen) atoms. The molecule has 0 spiro atoms. The Balaban J connectivity index is 2.22. The van der Waals surface area contributed by atoms with Crippen molar-refractivity contribution >= 4 is 27.5 Å². The molecule has 0 bridgehead atoms. The van der Waals surface area contributed by atoms with Gasteiger partial charge in [-0.2, -0.15) is 0 Å². The molecule has 1 aromatic rings. The van der Waals surface area contributed by atoms with Gasteiger partial charge in [0.15, 0.2) is 0 Å². The Kier molecular flexibility index (Phi) is 4.16. The van der Waals surface area contributed by atoms with Gasteiger partial charge in [0.2, 0.25) is 0 Å². The van der Waals surface area contributed by atoms with Gasteiger partial charge < -0.3 is 10.6 Å². The van der Waals surface area contributed by atoms with E-state index in [1.54, 1.807) is 11.0 Å². The molecule has 102 valence electrons. The third-order valence-corrected chi connectivity index (χ3v) is 3.70. The van der Waals surface area contributed by atoms with Crippen LogP contribution in [-0.2, 0) is 0 Å². The fourth-order valence-corrected chi connectivity index (χ4v) is 2.68. The van der Waals surface area contributed by atoms with Crippen molar-refractivity contribution in [2.75, 3.05) is 19.6 Å². The van der Waals surface area contributed by atoms with Gasteiger partial charge in [0, 0.05) is 35.3 Å². The van der Waals surface area contributed by atoms with E-state index in [0.29, 0.717) is 35.6 Å². The van der Waals surface area contributed by atoms with Gasteiger partial charge in [-0.1, -0.05) is 15.9 Å². The molecule has 2 rings (SSSR count). The zero-order valence-electron chi connectivity index (χ0n) is 10.2. The molecule has 1 saturated heterocycles. The first-order chi connectivity index (χ1) is 9.01. The minimum absolute atomic E-state index is 0.0905. The third-order valence-electron chi connectivity index (χ3n) is 3.25. The Hall–Kier alpha value is -1.47. The second-order valence-electron chi connectivity index (χ2n) is 4.60. The highest BCUT2D eigenvalue weighted by atomic mass is 79.9. The predicted molar refractivity (Wildman–Crippen MR) is 73.9 cm³/mol. The highest BCUT2D eigenvalue weighted by Gasteiger charge is 2.27.